The molecule has 2 N–H and O–H groups in total. The molecule has 3 nitrogen and oxygen atoms in total. The average Bonchev–Trinajstić information content (AvgIpc) is 3.22. The highest BCUT2D eigenvalue weighted by atomic mass is 79.9. The Morgan fingerprint density at radius 3 is 2.63 bits per heavy atom. The summed E-state index contributed by atoms with van der Waals surface area (Å²) in [5.41, 5.74) is 0.898. The van der Waals surface area contributed by atoms with E-state index in [0.29, 0.717) is 6.04 Å². The highest BCUT2D eigenvalue weighted by Crippen LogP contribution is 2.48. The van der Waals surface area contributed by atoms with Crippen LogP contribution in [-0.4, -0.2) is 25.0 Å². The fraction of sp³-hybridized carbons (Fsp3) is 0.533. The summed E-state index contributed by atoms with van der Waals surface area (Å²) in [4.78, 5) is 12.5. The zero-order chi connectivity index (χ0) is 13.3. The van der Waals surface area contributed by atoms with E-state index in [1.165, 1.54) is 0 Å². The molecule has 0 bridgehead atoms. The van der Waals surface area contributed by atoms with Crippen LogP contribution in [0.2, 0.25) is 0 Å². The quantitative estimate of drug-likeness (QED) is 0.896. The lowest BCUT2D eigenvalue weighted by Gasteiger charge is -2.26. The minimum absolute atomic E-state index is 0.212. The molecule has 102 valence electrons. The number of rotatable bonds is 3. The van der Waals surface area contributed by atoms with E-state index >= 15 is 0 Å². The fourth-order valence-electron chi connectivity index (χ4n) is 2.84. The molecule has 4 heteroatoms. The van der Waals surface area contributed by atoms with Crippen LogP contribution >= 0.6 is 15.9 Å². The monoisotopic (exact) mass is 322 g/mol. The highest BCUT2D eigenvalue weighted by molar-refractivity contribution is 9.10. The van der Waals surface area contributed by atoms with E-state index in [1.54, 1.807) is 0 Å². The predicted octanol–water partition coefficient (Wildman–Crippen LogP) is 2.35. The number of benzene rings is 1. The van der Waals surface area contributed by atoms with E-state index in [0.717, 1.165) is 48.8 Å². The third-order valence-electron chi connectivity index (χ3n) is 4.21. The Labute approximate surface area is 122 Å². The van der Waals surface area contributed by atoms with Gasteiger partial charge in [0.25, 0.3) is 0 Å². The lowest BCUT2D eigenvalue weighted by atomic mass is 9.94. The minimum Gasteiger partial charge on any atom is -0.351 e. The van der Waals surface area contributed by atoms with Crippen LogP contribution in [0, 0.1) is 0 Å². The smallest absolute Gasteiger partial charge is 0.230 e. The van der Waals surface area contributed by atoms with E-state index in [1.807, 2.05) is 12.1 Å². The van der Waals surface area contributed by atoms with Crippen molar-refractivity contribution in [3.8, 4) is 0 Å². The van der Waals surface area contributed by atoms with Crippen LogP contribution in [0.4, 0.5) is 0 Å². The lowest BCUT2D eigenvalue weighted by molar-refractivity contribution is -0.124. The molecule has 1 unspecified atom stereocenters. The number of amides is 1. The van der Waals surface area contributed by atoms with Crippen molar-refractivity contribution < 1.29 is 4.79 Å². The van der Waals surface area contributed by atoms with Gasteiger partial charge in [-0.3, -0.25) is 4.79 Å². The summed E-state index contributed by atoms with van der Waals surface area (Å²) < 4.78 is 1.06. The molecule has 3 rings (SSSR count). The molecule has 0 spiro atoms. The number of nitrogens with one attached hydrogen (secondary N) is 2. The van der Waals surface area contributed by atoms with Crippen molar-refractivity contribution in [1.82, 2.24) is 10.6 Å². The van der Waals surface area contributed by atoms with E-state index in [-0.39, 0.29) is 11.3 Å². The number of carbonyl (C=O) groups is 1. The van der Waals surface area contributed by atoms with Gasteiger partial charge in [0.05, 0.1) is 5.41 Å². The number of carbonyl (C=O) groups excluding carboxylic acids is 1. The van der Waals surface area contributed by atoms with Gasteiger partial charge in [0.1, 0.15) is 0 Å². The van der Waals surface area contributed by atoms with Crippen molar-refractivity contribution in [3.05, 3.63) is 34.3 Å². The Morgan fingerprint density at radius 1 is 1.32 bits per heavy atom. The normalized spacial score (nSPS) is 24.8. The van der Waals surface area contributed by atoms with Crippen LogP contribution in [0.25, 0.3) is 0 Å². The Bertz CT molecular complexity index is 462. The van der Waals surface area contributed by atoms with Crippen molar-refractivity contribution in [3.63, 3.8) is 0 Å². The standard InChI is InChI=1S/C15H19BrN2O/c16-12-5-3-11(4-6-12)15(7-8-15)14(19)18-13-2-1-9-17-10-13/h3-6,13,17H,1-2,7-10H2,(H,18,19). The Hall–Kier alpha value is -0.870. The van der Waals surface area contributed by atoms with Gasteiger partial charge in [-0.05, 0) is 49.9 Å². The molecule has 1 aromatic rings. The number of hydrogen-bond donors (Lipinski definition) is 2. The SMILES string of the molecule is O=C(NC1CCCNC1)C1(c2ccc(Br)cc2)CC1. The van der Waals surface area contributed by atoms with Gasteiger partial charge in [-0.2, -0.15) is 0 Å². The van der Waals surface area contributed by atoms with Gasteiger partial charge < -0.3 is 10.6 Å². The summed E-state index contributed by atoms with van der Waals surface area (Å²) in [5.74, 6) is 0.212. The fourth-order valence-corrected chi connectivity index (χ4v) is 3.10. The summed E-state index contributed by atoms with van der Waals surface area (Å²) in [5, 5.41) is 6.56. The second kappa shape index (κ2) is 5.25. The topological polar surface area (TPSA) is 41.1 Å². The lowest BCUT2D eigenvalue weighted by Crippen LogP contribution is -2.48. The van der Waals surface area contributed by atoms with Gasteiger partial charge in [0, 0.05) is 17.1 Å². The van der Waals surface area contributed by atoms with E-state index in [9.17, 15) is 4.79 Å². The van der Waals surface area contributed by atoms with Gasteiger partial charge in [-0.25, -0.2) is 0 Å². The number of hydrogen-bond acceptors (Lipinski definition) is 2. The molecule has 1 aromatic carbocycles. The van der Waals surface area contributed by atoms with Crippen molar-refractivity contribution in [2.75, 3.05) is 13.1 Å². The van der Waals surface area contributed by atoms with Gasteiger partial charge in [0.15, 0.2) is 0 Å². The maximum absolute atomic E-state index is 12.5. The summed E-state index contributed by atoms with van der Waals surface area (Å²) in [6.45, 7) is 1.98. The van der Waals surface area contributed by atoms with Crippen molar-refractivity contribution in [1.29, 1.82) is 0 Å². The van der Waals surface area contributed by atoms with Gasteiger partial charge in [0.2, 0.25) is 5.91 Å². The van der Waals surface area contributed by atoms with Gasteiger partial charge >= 0.3 is 0 Å². The van der Waals surface area contributed by atoms with E-state index in [2.05, 4.69) is 38.7 Å². The molecule has 2 aliphatic rings. The third kappa shape index (κ3) is 2.70. The third-order valence-corrected chi connectivity index (χ3v) is 4.74. The summed E-state index contributed by atoms with van der Waals surface area (Å²) in [6.07, 6.45) is 4.19. The number of halogens is 1. The zero-order valence-corrected chi connectivity index (χ0v) is 12.5. The maximum atomic E-state index is 12.5. The molecule has 1 saturated carbocycles. The van der Waals surface area contributed by atoms with Crippen molar-refractivity contribution >= 4 is 21.8 Å². The first-order valence-electron chi connectivity index (χ1n) is 6.98. The predicted molar refractivity (Wildman–Crippen MR) is 79.1 cm³/mol. The molecule has 1 heterocycles. The van der Waals surface area contributed by atoms with Crippen LogP contribution in [0.5, 0.6) is 0 Å². The second-order valence-corrected chi connectivity index (χ2v) is 6.52. The van der Waals surface area contributed by atoms with Gasteiger partial charge in [-0.1, -0.05) is 28.1 Å². The first-order chi connectivity index (χ1) is 9.21. The Balaban J connectivity index is 1.70. The molecule has 1 amide bonds. The van der Waals surface area contributed by atoms with Crippen LogP contribution < -0.4 is 10.6 Å². The van der Waals surface area contributed by atoms with Crippen LogP contribution in [0.15, 0.2) is 28.7 Å². The summed E-state index contributed by atoms with van der Waals surface area (Å²) >= 11 is 3.44. The molecule has 1 atom stereocenters. The minimum atomic E-state index is -0.252. The maximum Gasteiger partial charge on any atom is 0.230 e. The van der Waals surface area contributed by atoms with Crippen LogP contribution in [-0.2, 0) is 10.2 Å². The summed E-state index contributed by atoms with van der Waals surface area (Å²) in [6, 6.07) is 8.47. The zero-order valence-electron chi connectivity index (χ0n) is 10.9. The Morgan fingerprint density at radius 2 is 2.05 bits per heavy atom. The highest BCUT2D eigenvalue weighted by Gasteiger charge is 2.51. The van der Waals surface area contributed by atoms with Gasteiger partial charge in [-0.15, -0.1) is 0 Å². The first kappa shape index (κ1) is 13.1. The second-order valence-electron chi connectivity index (χ2n) is 5.61. The molecule has 2 fully saturated rings. The molecule has 0 aromatic heterocycles. The van der Waals surface area contributed by atoms with E-state index in [4.69, 9.17) is 0 Å². The number of piperidine rings is 1. The van der Waals surface area contributed by atoms with Crippen molar-refractivity contribution in [2.24, 2.45) is 0 Å². The van der Waals surface area contributed by atoms with Crippen molar-refractivity contribution in [2.45, 2.75) is 37.1 Å². The molecule has 1 aliphatic carbocycles. The van der Waals surface area contributed by atoms with E-state index < -0.39 is 0 Å². The Kier molecular flexibility index (Phi) is 3.63. The summed E-state index contributed by atoms with van der Waals surface area (Å²) in [7, 11) is 0. The molecular weight excluding hydrogens is 304 g/mol. The molecule has 1 saturated heterocycles. The molecular formula is C15H19BrN2O. The molecule has 0 radical (unpaired) electrons. The van der Waals surface area contributed by atoms with Crippen LogP contribution in [0.3, 0.4) is 0 Å². The van der Waals surface area contributed by atoms with Crippen LogP contribution in [0.1, 0.15) is 31.2 Å². The molecule has 1 aliphatic heterocycles. The largest absolute Gasteiger partial charge is 0.351 e. The average molecular weight is 323 g/mol. The molecule has 19 heavy (non-hydrogen) atoms. The first-order valence-corrected chi connectivity index (χ1v) is 7.78.